The molecule has 2 rings (SSSR count). The SMILES string of the molecule is COC(=O)C1CCC(OCc2ccc(C)cc2Cl)CC1. The Kier molecular flexibility index (Phi) is 5.44. The van der Waals surface area contributed by atoms with Crippen LogP contribution in [0.4, 0.5) is 0 Å². The molecule has 0 bridgehead atoms. The molecule has 0 N–H and O–H groups in total. The lowest BCUT2D eigenvalue weighted by Crippen LogP contribution is -2.26. The van der Waals surface area contributed by atoms with Gasteiger partial charge < -0.3 is 9.47 Å². The Morgan fingerprint density at radius 3 is 2.60 bits per heavy atom. The highest BCUT2D eigenvalue weighted by molar-refractivity contribution is 6.31. The minimum Gasteiger partial charge on any atom is -0.469 e. The number of carbonyl (C=O) groups excluding carboxylic acids is 1. The Labute approximate surface area is 125 Å². The minimum atomic E-state index is -0.0926. The molecule has 1 fully saturated rings. The largest absolute Gasteiger partial charge is 0.469 e. The zero-order valence-electron chi connectivity index (χ0n) is 12.0. The molecule has 0 saturated heterocycles. The molecule has 0 aliphatic heterocycles. The summed E-state index contributed by atoms with van der Waals surface area (Å²) < 4.78 is 10.7. The van der Waals surface area contributed by atoms with Crippen molar-refractivity contribution >= 4 is 17.6 Å². The first-order valence-electron chi connectivity index (χ1n) is 7.04. The van der Waals surface area contributed by atoms with Crippen molar-refractivity contribution in [2.45, 2.75) is 45.3 Å². The topological polar surface area (TPSA) is 35.5 Å². The third kappa shape index (κ3) is 3.97. The van der Waals surface area contributed by atoms with Crippen LogP contribution in [0, 0.1) is 12.8 Å². The van der Waals surface area contributed by atoms with E-state index in [-0.39, 0.29) is 18.0 Å². The molecular weight excluding hydrogens is 276 g/mol. The highest BCUT2D eigenvalue weighted by Gasteiger charge is 2.27. The normalized spacial score (nSPS) is 22.6. The second-order valence-electron chi connectivity index (χ2n) is 5.40. The maximum absolute atomic E-state index is 11.4. The quantitative estimate of drug-likeness (QED) is 0.791. The van der Waals surface area contributed by atoms with E-state index in [1.807, 2.05) is 25.1 Å². The summed E-state index contributed by atoms with van der Waals surface area (Å²) in [6.07, 6.45) is 3.72. The number of methoxy groups -OCH3 is 1. The maximum Gasteiger partial charge on any atom is 0.308 e. The fraction of sp³-hybridized carbons (Fsp3) is 0.562. The van der Waals surface area contributed by atoms with E-state index in [0.717, 1.165) is 41.8 Å². The number of rotatable bonds is 4. The van der Waals surface area contributed by atoms with Crippen LogP contribution >= 0.6 is 11.6 Å². The van der Waals surface area contributed by atoms with E-state index in [9.17, 15) is 4.79 Å². The van der Waals surface area contributed by atoms with E-state index < -0.39 is 0 Å². The van der Waals surface area contributed by atoms with Crippen LogP contribution in [0.2, 0.25) is 5.02 Å². The molecule has 0 radical (unpaired) electrons. The summed E-state index contributed by atoms with van der Waals surface area (Å²) in [6.45, 7) is 2.55. The number of carbonyl (C=O) groups is 1. The fourth-order valence-electron chi connectivity index (χ4n) is 2.61. The summed E-state index contributed by atoms with van der Waals surface area (Å²) in [5.41, 5.74) is 2.17. The Bertz CT molecular complexity index is 465. The molecule has 1 aromatic carbocycles. The average Bonchev–Trinajstić information content (AvgIpc) is 2.46. The molecule has 0 unspecified atom stereocenters. The predicted octanol–water partition coefficient (Wildman–Crippen LogP) is 3.90. The molecule has 1 saturated carbocycles. The molecule has 0 spiro atoms. The Balaban J connectivity index is 1.80. The van der Waals surface area contributed by atoms with Gasteiger partial charge in [-0.25, -0.2) is 0 Å². The van der Waals surface area contributed by atoms with E-state index in [1.54, 1.807) is 0 Å². The van der Waals surface area contributed by atoms with Gasteiger partial charge >= 0.3 is 5.97 Å². The fourth-order valence-corrected chi connectivity index (χ4v) is 2.90. The van der Waals surface area contributed by atoms with Gasteiger partial charge in [0.05, 0.1) is 25.7 Å². The minimum absolute atomic E-state index is 0.0443. The number of esters is 1. The molecule has 4 heteroatoms. The van der Waals surface area contributed by atoms with Gasteiger partial charge in [0.25, 0.3) is 0 Å². The molecule has 1 aliphatic rings. The van der Waals surface area contributed by atoms with Crippen LogP contribution in [-0.4, -0.2) is 19.2 Å². The van der Waals surface area contributed by atoms with Crippen LogP contribution in [0.3, 0.4) is 0 Å². The number of hydrogen-bond acceptors (Lipinski definition) is 3. The van der Waals surface area contributed by atoms with Crippen LogP contribution in [0.15, 0.2) is 18.2 Å². The summed E-state index contributed by atoms with van der Waals surface area (Å²) in [6, 6.07) is 6.00. The lowest BCUT2D eigenvalue weighted by molar-refractivity contribution is -0.147. The zero-order valence-corrected chi connectivity index (χ0v) is 12.8. The van der Waals surface area contributed by atoms with Crippen molar-refractivity contribution in [3.8, 4) is 0 Å². The average molecular weight is 297 g/mol. The molecular formula is C16H21ClO3. The molecule has 0 aromatic heterocycles. The number of benzene rings is 1. The van der Waals surface area contributed by atoms with Crippen LogP contribution < -0.4 is 0 Å². The van der Waals surface area contributed by atoms with Crippen molar-refractivity contribution in [2.24, 2.45) is 5.92 Å². The molecule has 3 nitrogen and oxygen atoms in total. The number of ether oxygens (including phenoxy) is 2. The number of aryl methyl sites for hydroxylation is 1. The van der Waals surface area contributed by atoms with Gasteiger partial charge in [-0.3, -0.25) is 4.79 Å². The first-order chi connectivity index (χ1) is 9.60. The second kappa shape index (κ2) is 7.09. The molecule has 0 heterocycles. The molecule has 0 atom stereocenters. The first-order valence-corrected chi connectivity index (χ1v) is 7.42. The van der Waals surface area contributed by atoms with Gasteiger partial charge in [0.15, 0.2) is 0 Å². The summed E-state index contributed by atoms with van der Waals surface area (Å²) in [7, 11) is 1.45. The van der Waals surface area contributed by atoms with Crippen LogP contribution in [0.5, 0.6) is 0 Å². The van der Waals surface area contributed by atoms with E-state index >= 15 is 0 Å². The Hall–Kier alpha value is -1.06. The van der Waals surface area contributed by atoms with Crippen molar-refractivity contribution in [1.29, 1.82) is 0 Å². The first kappa shape index (κ1) is 15.3. The summed E-state index contributed by atoms with van der Waals surface area (Å²) in [5.74, 6) is -0.0483. The van der Waals surface area contributed by atoms with Gasteiger partial charge in [0.1, 0.15) is 0 Å². The van der Waals surface area contributed by atoms with Crippen LogP contribution in [-0.2, 0) is 20.9 Å². The summed E-state index contributed by atoms with van der Waals surface area (Å²) in [5, 5.41) is 0.758. The van der Waals surface area contributed by atoms with Crippen molar-refractivity contribution in [3.05, 3.63) is 34.3 Å². The van der Waals surface area contributed by atoms with E-state index in [0.29, 0.717) is 6.61 Å². The third-order valence-corrected chi connectivity index (χ3v) is 4.24. The van der Waals surface area contributed by atoms with Gasteiger partial charge in [-0.2, -0.15) is 0 Å². The van der Waals surface area contributed by atoms with Crippen molar-refractivity contribution in [3.63, 3.8) is 0 Å². The Morgan fingerprint density at radius 1 is 1.30 bits per heavy atom. The van der Waals surface area contributed by atoms with E-state index in [1.165, 1.54) is 7.11 Å². The maximum atomic E-state index is 11.4. The van der Waals surface area contributed by atoms with Gasteiger partial charge in [-0.15, -0.1) is 0 Å². The standard InChI is InChI=1S/C16H21ClO3/c1-11-3-4-13(15(17)9-11)10-20-14-7-5-12(6-8-14)16(18)19-2/h3-4,9,12,14H,5-8,10H2,1-2H3. The summed E-state index contributed by atoms with van der Waals surface area (Å²) >= 11 is 6.19. The molecule has 1 aliphatic carbocycles. The molecule has 20 heavy (non-hydrogen) atoms. The zero-order chi connectivity index (χ0) is 14.5. The molecule has 1 aromatic rings. The smallest absolute Gasteiger partial charge is 0.308 e. The lowest BCUT2D eigenvalue weighted by Gasteiger charge is -2.27. The van der Waals surface area contributed by atoms with Gasteiger partial charge in [-0.05, 0) is 49.8 Å². The van der Waals surface area contributed by atoms with E-state index in [2.05, 4.69) is 0 Å². The van der Waals surface area contributed by atoms with Crippen molar-refractivity contribution < 1.29 is 14.3 Å². The predicted molar refractivity (Wildman–Crippen MR) is 78.7 cm³/mol. The van der Waals surface area contributed by atoms with Crippen molar-refractivity contribution in [1.82, 2.24) is 0 Å². The number of hydrogen-bond donors (Lipinski definition) is 0. The van der Waals surface area contributed by atoms with Crippen molar-refractivity contribution in [2.75, 3.05) is 7.11 Å². The van der Waals surface area contributed by atoms with Crippen LogP contribution in [0.1, 0.15) is 36.8 Å². The van der Waals surface area contributed by atoms with Gasteiger partial charge in [-0.1, -0.05) is 23.7 Å². The highest BCUT2D eigenvalue weighted by Crippen LogP contribution is 2.28. The Morgan fingerprint density at radius 2 is 2.00 bits per heavy atom. The molecule has 0 amide bonds. The highest BCUT2D eigenvalue weighted by atomic mass is 35.5. The second-order valence-corrected chi connectivity index (χ2v) is 5.81. The lowest BCUT2D eigenvalue weighted by atomic mass is 9.87. The monoisotopic (exact) mass is 296 g/mol. The number of halogens is 1. The van der Waals surface area contributed by atoms with Crippen LogP contribution in [0.25, 0.3) is 0 Å². The van der Waals surface area contributed by atoms with Gasteiger partial charge in [0.2, 0.25) is 0 Å². The van der Waals surface area contributed by atoms with E-state index in [4.69, 9.17) is 21.1 Å². The molecule has 110 valence electrons. The summed E-state index contributed by atoms with van der Waals surface area (Å²) in [4.78, 5) is 11.4. The third-order valence-electron chi connectivity index (χ3n) is 3.89. The van der Waals surface area contributed by atoms with Gasteiger partial charge in [0, 0.05) is 5.02 Å².